The smallest absolute Gasteiger partial charge is 0.490 e. The van der Waals surface area contributed by atoms with Crippen LogP contribution in [-0.2, 0) is 31.5 Å². The number of aliphatic carboxylic acids is 1. The third-order valence-electron chi connectivity index (χ3n) is 5.02. The number of carbonyl (C=O) groups is 2. The van der Waals surface area contributed by atoms with E-state index in [1.807, 2.05) is 0 Å². The summed E-state index contributed by atoms with van der Waals surface area (Å²) in [5.41, 5.74) is 4.87. The van der Waals surface area contributed by atoms with Gasteiger partial charge in [-0.3, -0.25) is 4.79 Å². The van der Waals surface area contributed by atoms with Crippen LogP contribution in [0.1, 0.15) is 34.7 Å². The van der Waals surface area contributed by atoms with E-state index in [1.54, 1.807) is 0 Å². The lowest BCUT2D eigenvalue weighted by molar-refractivity contribution is -0.192. The highest BCUT2D eigenvalue weighted by Crippen LogP contribution is 2.32. The number of alkyl halides is 3. The number of carbonyl (C=O) groups excluding carboxylic acids is 1. The first-order chi connectivity index (χ1) is 17.0. The number of ether oxygens (including phenoxy) is 1. The monoisotopic (exact) mass is 554 g/mol. The Bertz CT molecular complexity index is 1280. The van der Waals surface area contributed by atoms with Crippen molar-refractivity contribution in [2.75, 3.05) is 19.5 Å². The van der Waals surface area contributed by atoms with Crippen molar-refractivity contribution in [1.29, 1.82) is 0 Å². The van der Waals surface area contributed by atoms with Gasteiger partial charge in [-0.15, -0.1) is 0 Å². The number of rotatable bonds is 5. The maximum atomic E-state index is 13.4. The summed E-state index contributed by atoms with van der Waals surface area (Å²) in [4.78, 5) is 29.0. The van der Waals surface area contributed by atoms with E-state index >= 15 is 0 Å². The fraction of sp³-hybridized carbons (Fsp3) is 0.400. The second kappa shape index (κ2) is 11.2. The standard InChI is InChI=1S/C18H21FN4O6S.C2HF3O2/c1-30(27,28)12-8-11(19)3-2-10(12)9-21-15(25)13-14(24)16(26)23-17(22-13)18(20)4-6-29-7-5-18;3-2(4,5)1(6)7/h2-3,8,24H,4-7,9,20H2,1H3,(H,21,25)(H,22,23,26);(H,6,7). The summed E-state index contributed by atoms with van der Waals surface area (Å²) >= 11 is 0. The van der Waals surface area contributed by atoms with Gasteiger partial charge in [-0.05, 0) is 30.5 Å². The average molecular weight is 554 g/mol. The first-order valence-electron chi connectivity index (χ1n) is 10.2. The van der Waals surface area contributed by atoms with Crippen molar-refractivity contribution < 1.29 is 55.6 Å². The highest BCUT2D eigenvalue weighted by atomic mass is 32.2. The Morgan fingerprint density at radius 3 is 2.27 bits per heavy atom. The molecule has 0 saturated carbocycles. The van der Waals surface area contributed by atoms with Crippen LogP contribution >= 0.6 is 0 Å². The van der Waals surface area contributed by atoms with Crippen LogP contribution in [0.25, 0.3) is 0 Å². The molecule has 2 heterocycles. The van der Waals surface area contributed by atoms with E-state index in [0.29, 0.717) is 26.1 Å². The van der Waals surface area contributed by atoms with Crippen LogP contribution in [0.5, 0.6) is 11.6 Å². The molecule has 0 bridgehead atoms. The highest BCUT2D eigenvalue weighted by molar-refractivity contribution is 7.90. The summed E-state index contributed by atoms with van der Waals surface area (Å²) in [7, 11) is -3.75. The molecule has 0 aliphatic carbocycles. The molecular formula is C20H22F4N4O8S. The molecule has 3 rings (SSSR count). The van der Waals surface area contributed by atoms with Crippen LogP contribution in [0, 0.1) is 5.82 Å². The number of benzene rings is 1. The molecule has 37 heavy (non-hydrogen) atoms. The van der Waals surface area contributed by atoms with Gasteiger partial charge in [0.15, 0.2) is 21.4 Å². The Hall–Kier alpha value is -3.57. The molecule has 1 saturated heterocycles. The van der Waals surface area contributed by atoms with E-state index in [1.165, 1.54) is 6.07 Å². The number of amides is 1. The largest absolute Gasteiger partial charge is 0.501 e. The molecule has 0 unspecified atom stereocenters. The zero-order valence-corrected chi connectivity index (χ0v) is 19.9. The summed E-state index contributed by atoms with van der Waals surface area (Å²) in [6.07, 6.45) is -3.46. The quantitative estimate of drug-likeness (QED) is 0.330. The summed E-state index contributed by atoms with van der Waals surface area (Å²) in [5.74, 6) is -6.06. The number of hydrogen-bond acceptors (Lipinski definition) is 10. The number of sulfone groups is 1. The maximum Gasteiger partial charge on any atom is 0.490 e. The van der Waals surface area contributed by atoms with Crippen molar-refractivity contribution in [2.45, 2.75) is 36.0 Å². The van der Waals surface area contributed by atoms with Crippen molar-refractivity contribution in [3.05, 3.63) is 41.1 Å². The lowest BCUT2D eigenvalue weighted by atomic mass is 9.90. The predicted octanol–water partition coefficient (Wildman–Crippen LogP) is 0.958. The van der Waals surface area contributed by atoms with Crippen LogP contribution in [-0.4, -0.2) is 71.2 Å². The van der Waals surface area contributed by atoms with Gasteiger partial charge in [0.25, 0.3) is 11.8 Å². The van der Waals surface area contributed by atoms with Gasteiger partial charge < -0.3 is 31.1 Å². The molecule has 12 nitrogen and oxygen atoms in total. The third-order valence-corrected chi connectivity index (χ3v) is 6.20. The fourth-order valence-corrected chi connectivity index (χ4v) is 4.01. The molecule has 1 aromatic heterocycles. The van der Waals surface area contributed by atoms with Gasteiger partial charge in [0.2, 0.25) is 5.75 Å². The van der Waals surface area contributed by atoms with E-state index in [-0.39, 0.29) is 22.8 Å². The molecule has 204 valence electrons. The van der Waals surface area contributed by atoms with Crippen LogP contribution in [0.4, 0.5) is 17.6 Å². The van der Waals surface area contributed by atoms with Gasteiger partial charge in [0, 0.05) is 26.0 Å². The summed E-state index contributed by atoms with van der Waals surface area (Å²) in [6.45, 7) is 0.409. The SMILES string of the molecule is CS(=O)(=O)c1cc(F)ccc1CNC(=O)c1nc(C2(N)CCOCC2)nc(O)c1O.O=C(O)C(F)(F)F. The fourth-order valence-electron chi connectivity index (χ4n) is 3.06. The third kappa shape index (κ3) is 7.70. The van der Waals surface area contributed by atoms with E-state index in [0.717, 1.165) is 18.4 Å². The second-order valence-corrected chi connectivity index (χ2v) is 9.83. The minimum absolute atomic E-state index is 0.0233. The number of nitrogens with one attached hydrogen (secondary N) is 1. The lowest BCUT2D eigenvalue weighted by Gasteiger charge is -2.31. The number of carboxylic acids is 1. The first-order valence-corrected chi connectivity index (χ1v) is 12.1. The van der Waals surface area contributed by atoms with E-state index in [2.05, 4.69) is 15.3 Å². The van der Waals surface area contributed by atoms with Crippen molar-refractivity contribution in [3.63, 3.8) is 0 Å². The Morgan fingerprint density at radius 1 is 1.19 bits per heavy atom. The summed E-state index contributed by atoms with van der Waals surface area (Å²) in [6, 6.07) is 3.14. The van der Waals surface area contributed by atoms with Crippen molar-refractivity contribution in [1.82, 2.24) is 15.3 Å². The number of nitrogens with zero attached hydrogens (tertiary/aromatic N) is 2. The van der Waals surface area contributed by atoms with Crippen LogP contribution < -0.4 is 11.1 Å². The number of nitrogens with two attached hydrogens (primary N) is 1. The number of halogens is 4. The Labute approximate surface area is 207 Å². The van der Waals surface area contributed by atoms with E-state index < -0.39 is 56.6 Å². The topological polar surface area (TPSA) is 202 Å². The van der Waals surface area contributed by atoms with Crippen molar-refractivity contribution in [3.8, 4) is 11.6 Å². The number of aromatic hydroxyl groups is 2. The van der Waals surface area contributed by atoms with Gasteiger partial charge >= 0.3 is 12.1 Å². The molecule has 1 aliphatic rings. The maximum absolute atomic E-state index is 13.4. The van der Waals surface area contributed by atoms with Gasteiger partial charge in [-0.1, -0.05) is 6.07 Å². The Balaban J connectivity index is 0.000000604. The van der Waals surface area contributed by atoms with Crippen LogP contribution in [0.15, 0.2) is 23.1 Å². The van der Waals surface area contributed by atoms with Gasteiger partial charge in [0.05, 0.1) is 10.4 Å². The summed E-state index contributed by atoms with van der Waals surface area (Å²) in [5, 5.41) is 29.5. The zero-order valence-electron chi connectivity index (χ0n) is 19.0. The molecule has 17 heteroatoms. The number of aromatic nitrogens is 2. The van der Waals surface area contributed by atoms with Crippen LogP contribution in [0.3, 0.4) is 0 Å². The number of carboxylic acid groups (broad SMARTS) is 1. The minimum atomic E-state index is -5.08. The first kappa shape index (κ1) is 29.7. The molecule has 6 N–H and O–H groups in total. The van der Waals surface area contributed by atoms with Gasteiger partial charge in [0.1, 0.15) is 5.82 Å². The van der Waals surface area contributed by atoms with Gasteiger partial charge in [-0.2, -0.15) is 18.2 Å². The molecule has 1 amide bonds. The lowest BCUT2D eigenvalue weighted by Crippen LogP contribution is -2.44. The zero-order chi connectivity index (χ0) is 28.2. The predicted molar refractivity (Wildman–Crippen MR) is 116 cm³/mol. The Morgan fingerprint density at radius 2 is 1.76 bits per heavy atom. The normalized spacial score (nSPS) is 15.3. The van der Waals surface area contributed by atoms with Crippen molar-refractivity contribution in [2.24, 2.45) is 5.73 Å². The van der Waals surface area contributed by atoms with E-state index in [4.69, 9.17) is 20.4 Å². The number of hydrogen-bond donors (Lipinski definition) is 5. The van der Waals surface area contributed by atoms with E-state index in [9.17, 15) is 41.0 Å². The molecule has 0 atom stereocenters. The second-order valence-electron chi connectivity index (χ2n) is 7.85. The van der Waals surface area contributed by atoms with Crippen LogP contribution in [0.2, 0.25) is 0 Å². The molecular weight excluding hydrogens is 532 g/mol. The van der Waals surface area contributed by atoms with Gasteiger partial charge in [-0.25, -0.2) is 22.6 Å². The van der Waals surface area contributed by atoms with Crippen molar-refractivity contribution >= 4 is 21.7 Å². The molecule has 1 aliphatic heterocycles. The molecule has 0 spiro atoms. The Kier molecular flexibility index (Phi) is 9.00. The molecule has 2 aromatic rings. The highest BCUT2D eigenvalue weighted by Gasteiger charge is 2.38. The molecule has 0 radical (unpaired) electrons. The average Bonchev–Trinajstić information content (AvgIpc) is 2.79. The minimum Gasteiger partial charge on any atom is -0.501 e. The summed E-state index contributed by atoms with van der Waals surface area (Å²) < 4.78 is 74.2. The molecule has 1 aromatic carbocycles. The molecule has 1 fully saturated rings.